The summed E-state index contributed by atoms with van der Waals surface area (Å²) in [5.41, 5.74) is 5.34. The minimum atomic E-state index is -0.899. The predicted molar refractivity (Wildman–Crippen MR) is 144 cm³/mol. The molecule has 0 fully saturated rings. The van der Waals surface area contributed by atoms with Gasteiger partial charge in [-0.1, -0.05) is 24.3 Å². The first-order valence-electron chi connectivity index (χ1n) is 11.4. The van der Waals surface area contributed by atoms with Gasteiger partial charge in [-0.05, 0) is 55.3 Å². The lowest BCUT2D eigenvalue weighted by Crippen LogP contribution is -2.46. The van der Waals surface area contributed by atoms with Crippen LogP contribution < -0.4 is 10.6 Å². The van der Waals surface area contributed by atoms with Crippen molar-refractivity contribution in [3.8, 4) is 11.3 Å². The molecule has 0 saturated heterocycles. The van der Waals surface area contributed by atoms with Crippen molar-refractivity contribution in [2.45, 2.75) is 25.8 Å². The molecule has 1 unspecified atom stereocenters. The molecule has 0 saturated carbocycles. The van der Waals surface area contributed by atoms with Gasteiger partial charge < -0.3 is 19.8 Å². The zero-order valence-corrected chi connectivity index (χ0v) is 20.9. The molecule has 3 heterocycles. The van der Waals surface area contributed by atoms with Gasteiger partial charge >= 0.3 is 0 Å². The van der Waals surface area contributed by atoms with E-state index in [1.807, 2.05) is 36.7 Å². The molecule has 1 aromatic carbocycles. The van der Waals surface area contributed by atoms with E-state index in [2.05, 4.69) is 38.8 Å². The summed E-state index contributed by atoms with van der Waals surface area (Å²) in [6, 6.07) is 8.77. The second-order valence-electron chi connectivity index (χ2n) is 8.31. The number of carbonyl (C=O) groups is 2. The number of methoxy groups -OCH3 is 1. The first-order chi connectivity index (χ1) is 17.4. The van der Waals surface area contributed by atoms with Gasteiger partial charge in [-0.15, -0.1) is 11.3 Å². The van der Waals surface area contributed by atoms with Crippen LogP contribution in [0.1, 0.15) is 35.7 Å². The molecule has 2 aromatic heterocycles. The molecular formula is C26H26BN5O3S. The number of nitrogens with zero attached hydrogens (tertiary/aromatic N) is 3. The van der Waals surface area contributed by atoms with Crippen LogP contribution in [-0.4, -0.2) is 54.7 Å². The zero-order chi connectivity index (χ0) is 25.5. The van der Waals surface area contributed by atoms with Crippen LogP contribution in [-0.2, 0) is 9.53 Å². The molecule has 4 rings (SSSR count). The number of hydrogen-bond acceptors (Lipinski definition) is 6. The lowest BCUT2D eigenvalue weighted by molar-refractivity contribution is -0.119. The Morgan fingerprint density at radius 2 is 2.11 bits per heavy atom. The summed E-state index contributed by atoms with van der Waals surface area (Å²) in [6.45, 7) is 2.04. The molecule has 8 nitrogen and oxygen atoms in total. The summed E-state index contributed by atoms with van der Waals surface area (Å²) >= 11 is 1.31. The van der Waals surface area contributed by atoms with E-state index in [1.165, 1.54) is 29.1 Å². The van der Waals surface area contributed by atoms with Gasteiger partial charge in [-0.25, -0.2) is 4.98 Å². The highest BCUT2D eigenvalue weighted by Gasteiger charge is 2.23. The topological polar surface area (TPSA) is 97.6 Å². The molecule has 0 aliphatic carbocycles. The molecule has 1 aliphatic heterocycles. The number of rotatable bonds is 8. The average Bonchev–Trinajstić information content (AvgIpc) is 3.50. The van der Waals surface area contributed by atoms with Gasteiger partial charge in [0.1, 0.15) is 6.04 Å². The number of allylic oxidation sites excluding steroid dienone is 3. The Balaban J connectivity index is 1.45. The number of aliphatic imine (C=N–C) groups is 1. The number of hydrogen-bond donors (Lipinski definition) is 2. The Labute approximate surface area is 215 Å². The highest BCUT2D eigenvalue weighted by atomic mass is 32.1. The van der Waals surface area contributed by atoms with E-state index in [0.717, 1.165) is 40.9 Å². The molecule has 3 aromatic rings. The van der Waals surface area contributed by atoms with Crippen molar-refractivity contribution in [1.29, 1.82) is 0 Å². The molecule has 0 bridgehead atoms. The fourth-order valence-corrected chi connectivity index (χ4v) is 4.40. The van der Waals surface area contributed by atoms with Crippen molar-refractivity contribution in [3.05, 3.63) is 77.6 Å². The second-order valence-corrected chi connectivity index (χ2v) is 9.17. The van der Waals surface area contributed by atoms with Gasteiger partial charge in [0.15, 0.2) is 5.13 Å². The van der Waals surface area contributed by atoms with Crippen molar-refractivity contribution in [1.82, 2.24) is 14.8 Å². The van der Waals surface area contributed by atoms with Crippen LogP contribution >= 0.6 is 11.3 Å². The normalized spacial score (nSPS) is 16.6. The number of anilines is 1. The molecule has 2 radical (unpaired) electrons. The number of thiazole rings is 1. The first-order valence-corrected chi connectivity index (χ1v) is 12.3. The Hall–Kier alpha value is -3.76. The fourth-order valence-electron chi connectivity index (χ4n) is 3.68. The second kappa shape index (κ2) is 11.8. The molecule has 1 aliphatic rings. The van der Waals surface area contributed by atoms with Gasteiger partial charge in [-0.2, -0.15) is 0 Å². The minimum Gasteiger partial charge on any atom is -0.409 e. The van der Waals surface area contributed by atoms with Crippen LogP contribution in [0.3, 0.4) is 0 Å². The van der Waals surface area contributed by atoms with Crippen molar-refractivity contribution in [2.24, 2.45) is 4.99 Å². The van der Waals surface area contributed by atoms with Crippen molar-refractivity contribution >= 4 is 47.5 Å². The Bertz CT molecular complexity index is 1340. The minimum absolute atomic E-state index is 0.00733. The number of nitrogens with one attached hydrogen (secondary N) is 2. The van der Waals surface area contributed by atoms with Crippen LogP contribution in [0.5, 0.6) is 0 Å². The fraction of sp³-hybridized carbons (Fsp3) is 0.231. The summed E-state index contributed by atoms with van der Waals surface area (Å²) < 4.78 is 6.40. The maximum atomic E-state index is 12.9. The molecule has 0 spiro atoms. The summed E-state index contributed by atoms with van der Waals surface area (Å²) in [7, 11) is 7.07. The molecule has 1 atom stereocenters. The lowest BCUT2D eigenvalue weighted by atomic mass is 10.00. The number of aromatic nitrogens is 2. The monoisotopic (exact) mass is 499 g/mol. The average molecular weight is 499 g/mol. The van der Waals surface area contributed by atoms with Gasteiger partial charge in [0.25, 0.3) is 11.8 Å². The van der Waals surface area contributed by atoms with E-state index in [1.54, 1.807) is 12.3 Å². The number of carbonyl (C=O) groups excluding carboxylic acids is 2. The van der Waals surface area contributed by atoms with Gasteiger partial charge in [0.05, 0.1) is 17.9 Å². The predicted octanol–water partition coefficient (Wildman–Crippen LogP) is 4.08. The van der Waals surface area contributed by atoms with Crippen LogP contribution in [0.25, 0.3) is 16.8 Å². The lowest BCUT2D eigenvalue weighted by Gasteiger charge is -2.16. The third-order valence-electron chi connectivity index (χ3n) is 5.58. The van der Waals surface area contributed by atoms with Crippen molar-refractivity contribution in [2.75, 3.05) is 19.0 Å². The van der Waals surface area contributed by atoms with Crippen LogP contribution in [0.15, 0.2) is 71.4 Å². The zero-order valence-electron chi connectivity index (χ0n) is 20.1. The van der Waals surface area contributed by atoms with E-state index in [0.29, 0.717) is 10.7 Å². The third-order valence-corrected chi connectivity index (χ3v) is 6.33. The van der Waals surface area contributed by atoms with E-state index in [4.69, 9.17) is 12.7 Å². The van der Waals surface area contributed by atoms with E-state index in [-0.39, 0.29) is 6.61 Å². The van der Waals surface area contributed by atoms with Crippen molar-refractivity contribution in [3.63, 3.8) is 0 Å². The molecule has 36 heavy (non-hydrogen) atoms. The Kier molecular flexibility index (Phi) is 8.30. The highest BCUT2D eigenvalue weighted by molar-refractivity contribution is 7.14. The molecule has 182 valence electrons. The van der Waals surface area contributed by atoms with Crippen LogP contribution in [0, 0.1) is 0 Å². The number of benzene rings is 1. The smallest absolute Gasteiger partial charge is 0.253 e. The molecule has 2 N–H and O–H groups in total. The summed E-state index contributed by atoms with van der Waals surface area (Å²) in [5.74, 6) is -0.848. The number of ether oxygens (including phenoxy) is 1. The molecule has 10 heteroatoms. The van der Waals surface area contributed by atoms with Gasteiger partial charge in [0.2, 0.25) is 7.98 Å². The van der Waals surface area contributed by atoms with Crippen LogP contribution in [0.2, 0.25) is 0 Å². The third kappa shape index (κ3) is 6.47. The SMILES string of the molecule is [B]n1ccc(C(=O)NC(COC)C(=O)Nc2nc(-c3cccc(C4=C/CCC(C)=N/C=C\4)c3)cs2)c1. The Morgan fingerprint density at radius 3 is 2.89 bits per heavy atom. The Morgan fingerprint density at radius 1 is 1.28 bits per heavy atom. The molecular weight excluding hydrogens is 473 g/mol. The summed E-state index contributed by atoms with van der Waals surface area (Å²) in [5, 5.41) is 7.77. The first kappa shape index (κ1) is 25.3. The van der Waals surface area contributed by atoms with Crippen LogP contribution in [0.4, 0.5) is 5.13 Å². The number of amides is 2. The van der Waals surface area contributed by atoms with Gasteiger partial charge in [0, 0.05) is 36.2 Å². The van der Waals surface area contributed by atoms with E-state index >= 15 is 0 Å². The largest absolute Gasteiger partial charge is 0.409 e. The quantitative estimate of drug-likeness (QED) is 0.457. The molecule has 2 amide bonds. The highest BCUT2D eigenvalue weighted by Crippen LogP contribution is 2.28. The standard InChI is InChI=1S/C26H26BN5O3S/c1-17-5-3-6-18(9-11-28-17)19-7-4-8-20(13-19)23-16-36-26(30-23)31-25(34)22(15-35-2)29-24(33)21-10-12-32(27)14-21/h4,6-14,16,22H,3,5,15H2,1-2H3,(H,29,33)(H,30,31,34)/b11-9-,18-6+,28-17?. The van der Waals surface area contributed by atoms with E-state index in [9.17, 15) is 9.59 Å². The van der Waals surface area contributed by atoms with Gasteiger partial charge in [-0.3, -0.25) is 14.6 Å². The maximum absolute atomic E-state index is 12.9. The summed E-state index contributed by atoms with van der Waals surface area (Å²) in [6.07, 6.45) is 11.0. The van der Waals surface area contributed by atoms with E-state index < -0.39 is 17.9 Å². The summed E-state index contributed by atoms with van der Waals surface area (Å²) in [4.78, 5) is 34.4. The maximum Gasteiger partial charge on any atom is 0.253 e. The van der Waals surface area contributed by atoms with Crippen molar-refractivity contribution < 1.29 is 14.3 Å².